The number of carbonyl (C=O) groups is 1. The van der Waals surface area contributed by atoms with Crippen LogP contribution in [0.4, 0.5) is 0 Å². The molecule has 2 aliphatic rings. The Morgan fingerprint density at radius 2 is 1.88 bits per heavy atom. The van der Waals surface area contributed by atoms with E-state index in [0.29, 0.717) is 5.92 Å². The molecule has 0 bridgehead atoms. The van der Waals surface area contributed by atoms with Crippen LogP contribution in [0.5, 0.6) is 0 Å². The molecule has 1 atom stereocenters. The highest BCUT2D eigenvalue weighted by Crippen LogP contribution is 2.47. The molecule has 2 heterocycles. The Morgan fingerprint density at radius 1 is 1.25 bits per heavy atom. The number of piperidine rings is 1. The van der Waals surface area contributed by atoms with E-state index in [1.54, 1.807) is 0 Å². The maximum Gasteiger partial charge on any atom is 0.317 e. The summed E-state index contributed by atoms with van der Waals surface area (Å²) in [6.07, 6.45) is 5.42. The molecule has 3 nitrogen and oxygen atoms in total. The predicted octanol–water partition coefficient (Wildman–Crippen LogP) is 1.25. The van der Waals surface area contributed by atoms with E-state index in [4.69, 9.17) is 16.3 Å². The average molecular weight is 484 g/mol. The van der Waals surface area contributed by atoms with Gasteiger partial charge in [0.15, 0.2) is 0 Å². The molecular weight excluding hydrogens is 457 g/mol. The van der Waals surface area contributed by atoms with Crippen LogP contribution in [-0.2, 0) is 14.9 Å². The maximum absolute atomic E-state index is 13.1. The lowest BCUT2D eigenvalue weighted by molar-refractivity contribution is -0.896. The largest absolute Gasteiger partial charge is 1.00 e. The fourth-order valence-corrected chi connectivity index (χ4v) is 4.94. The average Bonchev–Trinajstić information content (AvgIpc) is 2.86. The molecule has 1 aromatic heterocycles. The zero-order chi connectivity index (χ0) is 16.7. The van der Waals surface area contributed by atoms with Crippen LogP contribution in [0.3, 0.4) is 0 Å². The summed E-state index contributed by atoms with van der Waals surface area (Å²) in [5.41, 5.74) is -0.530. The zero-order valence-electron chi connectivity index (χ0n) is 14.7. The Morgan fingerprint density at radius 3 is 2.33 bits per heavy atom. The van der Waals surface area contributed by atoms with Crippen molar-refractivity contribution in [1.29, 1.82) is 0 Å². The number of halogens is 2. The van der Waals surface area contributed by atoms with Crippen molar-refractivity contribution in [3.8, 4) is 0 Å². The molecule has 2 fully saturated rings. The minimum atomic E-state index is -0.530. The van der Waals surface area contributed by atoms with Crippen molar-refractivity contribution < 1.29 is 38.0 Å². The smallest absolute Gasteiger partial charge is 0.317 e. The number of hydrogen-bond acceptors (Lipinski definition) is 3. The SMILES string of the molecule is CC(C(=O)OC1CC[N+](C)(C)CC1)(c1ccc(Cl)s1)C1CCC1.[I-]. The van der Waals surface area contributed by atoms with Gasteiger partial charge in [0.25, 0.3) is 0 Å². The summed E-state index contributed by atoms with van der Waals surface area (Å²) in [5.74, 6) is 0.346. The van der Waals surface area contributed by atoms with Crippen molar-refractivity contribution in [3.63, 3.8) is 0 Å². The molecule has 1 saturated carbocycles. The third-order valence-corrected chi connectivity index (χ3v) is 7.29. The van der Waals surface area contributed by atoms with Gasteiger partial charge in [0.2, 0.25) is 0 Å². The lowest BCUT2D eigenvalue weighted by Gasteiger charge is -2.42. The van der Waals surface area contributed by atoms with Crippen LogP contribution in [0, 0.1) is 5.92 Å². The highest BCUT2D eigenvalue weighted by molar-refractivity contribution is 7.16. The third-order valence-electron chi connectivity index (χ3n) is 5.82. The van der Waals surface area contributed by atoms with Crippen molar-refractivity contribution in [1.82, 2.24) is 0 Å². The number of rotatable bonds is 4. The number of thiophene rings is 1. The summed E-state index contributed by atoms with van der Waals surface area (Å²) in [6, 6.07) is 3.90. The van der Waals surface area contributed by atoms with Gasteiger partial charge in [0.05, 0.1) is 31.5 Å². The summed E-state index contributed by atoms with van der Waals surface area (Å²) in [6.45, 7) is 4.20. The lowest BCUT2D eigenvalue weighted by atomic mass is 9.65. The quantitative estimate of drug-likeness (QED) is 0.366. The van der Waals surface area contributed by atoms with Gasteiger partial charge in [-0.3, -0.25) is 4.79 Å². The Kier molecular flexibility index (Phi) is 6.65. The van der Waals surface area contributed by atoms with Gasteiger partial charge in [-0.2, -0.15) is 0 Å². The molecule has 0 spiro atoms. The molecule has 1 aromatic rings. The van der Waals surface area contributed by atoms with E-state index in [9.17, 15) is 4.79 Å². The highest BCUT2D eigenvalue weighted by atomic mass is 127. The van der Waals surface area contributed by atoms with Crippen molar-refractivity contribution in [2.45, 2.75) is 50.5 Å². The van der Waals surface area contributed by atoms with E-state index >= 15 is 0 Å². The molecule has 0 N–H and O–H groups in total. The van der Waals surface area contributed by atoms with E-state index in [1.165, 1.54) is 17.8 Å². The van der Waals surface area contributed by atoms with Crippen molar-refractivity contribution >= 4 is 28.9 Å². The molecule has 136 valence electrons. The van der Waals surface area contributed by atoms with Gasteiger partial charge in [-0.15, -0.1) is 11.3 Å². The molecule has 24 heavy (non-hydrogen) atoms. The number of ether oxygens (including phenoxy) is 1. The summed E-state index contributed by atoms with van der Waals surface area (Å²) >= 11 is 7.65. The molecule has 6 heteroatoms. The van der Waals surface area contributed by atoms with Crippen LogP contribution in [0.1, 0.15) is 43.9 Å². The van der Waals surface area contributed by atoms with Crippen LogP contribution >= 0.6 is 22.9 Å². The standard InChI is InChI=1S/C18H27ClNO2S.HI/c1-18(13-5-4-6-13,15-7-8-16(19)23-15)17(21)22-14-9-11-20(2,3)12-10-14;/h7-8,13-14H,4-6,9-12H2,1-3H3;1H/q+1;/p-1. The Hall–Kier alpha value is 0.150. The van der Waals surface area contributed by atoms with Gasteiger partial charge >= 0.3 is 5.97 Å². The Labute approximate surface area is 171 Å². The lowest BCUT2D eigenvalue weighted by Crippen LogP contribution is -3.00. The summed E-state index contributed by atoms with van der Waals surface area (Å²) in [7, 11) is 4.48. The molecule has 0 aromatic carbocycles. The molecule has 1 aliphatic carbocycles. The maximum atomic E-state index is 13.1. The number of nitrogens with zero attached hydrogens (tertiary/aromatic N) is 1. The minimum Gasteiger partial charge on any atom is -1.00 e. The topological polar surface area (TPSA) is 26.3 Å². The van der Waals surface area contributed by atoms with Gasteiger partial charge in [-0.1, -0.05) is 18.0 Å². The first kappa shape index (κ1) is 20.5. The van der Waals surface area contributed by atoms with E-state index in [1.807, 2.05) is 12.1 Å². The monoisotopic (exact) mass is 483 g/mol. The fraction of sp³-hybridized carbons (Fsp3) is 0.722. The van der Waals surface area contributed by atoms with Gasteiger partial charge in [0.1, 0.15) is 11.5 Å². The highest BCUT2D eigenvalue weighted by Gasteiger charge is 2.48. The Bertz CT molecular complexity index is 577. The molecule has 3 rings (SSSR count). The van der Waals surface area contributed by atoms with E-state index < -0.39 is 5.41 Å². The molecular formula is C18H27ClINO2S. The van der Waals surface area contributed by atoms with Crippen LogP contribution in [0.25, 0.3) is 0 Å². The van der Waals surface area contributed by atoms with Crippen molar-refractivity contribution in [3.05, 3.63) is 21.3 Å². The van der Waals surface area contributed by atoms with Crippen LogP contribution in [-0.4, -0.2) is 43.7 Å². The van der Waals surface area contributed by atoms with E-state index in [0.717, 1.165) is 52.5 Å². The first-order chi connectivity index (χ1) is 10.8. The molecule has 0 radical (unpaired) electrons. The van der Waals surface area contributed by atoms with E-state index in [2.05, 4.69) is 21.0 Å². The second kappa shape index (κ2) is 7.80. The zero-order valence-corrected chi connectivity index (χ0v) is 18.4. The summed E-state index contributed by atoms with van der Waals surface area (Å²) in [4.78, 5) is 14.1. The van der Waals surface area contributed by atoms with Crippen LogP contribution in [0.2, 0.25) is 4.34 Å². The second-order valence-corrected chi connectivity index (χ2v) is 9.64. The number of hydrogen-bond donors (Lipinski definition) is 0. The Balaban J connectivity index is 0.00000208. The molecule has 0 amide bonds. The van der Waals surface area contributed by atoms with Crippen LogP contribution < -0.4 is 24.0 Å². The normalized spacial score (nSPS) is 23.7. The summed E-state index contributed by atoms with van der Waals surface area (Å²) in [5, 5.41) is 0. The molecule has 1 aliphatic heterocycles. The first-order valence-electron chi connectivity index (χ1n) is 8.60. The minimum absolute atomic E-state index is 0. The van der Waals surface area contributed by atoms with Crippen molar-refractivity contribution in [2.75, 3.05) is 27.2 Å². The fourth-order valence-electron chi connectivity index (χ4n) is 3.68. The number of esters is 1. The number of quaternary nitrogens is 1. The third kappa shape index (κ3) is 4.10. The van der Waals surface area contributed by atoms with Gasteiger partial charge in [0, 0.05) is 17.7 Å². The van der Waals surface area contributed by atoms with Crippen LogP contribution in [0.15, 0.2) is 12.1 Å². The predicted molar refractivity (Wildman–Crippen MR) is 95.0 cm³/mol. The molecule has 1 saturated heterocycles. The summed E-state index contributed by atoms with van der Waals surface area (Å²) < 4.78 is 7.75. The van der Waals surface area contributed by atoms with Gasteiger partial charge < -0.3 is 33.2 Å². The number of likely N-dealkylation sites (tertiary alicyclic amines) is 1. The van der Waals surface area contributed by atoms with Gasteiger partial charge in [-0.25, -0.2) is 0 Å². The first-order valence-corrected chi connectivity index (χ1v) is 9.79. The van der Waals surface area contributed by atoms with Crippen molar-refractivity contribution in [2.24, 2.45) is 5.92 Å². The number of carbonyl (C=O) groups excluding carboxylic acids is 1. The molecule has 1 unspecified atom stereocenters. The second-order valence-electron chi connectivity index (χ2n) is 7.92. The van der Waals surface area contributed by atoms with Gasteiger partial charge in [-0.05, 0) is 37.8 Å². The van der Waals surface area contributed by atoms with E-state index in [-0.39, 0.29) is 36.0 Å².